The zero-order valence-corrected chi connectivity index (χ0v) is 16.3. The average molecular weight is 403 g/mol. The van der Waals surface area contributed by atoms with Crippen LogP contribution in [0.15, 0.2) is 24.3 Å². The second-order valence-electron chi connectivity index (χ2n) is 7.52. The monoisotopic (exact) mass is 403 g/mol. The molecule has 1 aliphatic heterocycles. The first-order valence-electron chi connectivity index (χ1n) is 9.72. The molecule has 1 aliphatic carbocycles. The number of urea groups is 1. The molecule has 2 unspecified atom stereocenters. The van der Waals surface area contributed by atoms with E-state index in [1.165, 1.54) is 12.1 Å². The van der Waals surface area contributed by atoms with Crippen molar-refractivity contribution < 1.29 is 19.3 Å². The Hall–Kier alpha value is -3.17. The number of anilines is 1. The van der Waals surface area contributed by atoms with Gasteiger partial charge in [0.2, 0.25) is 5.91 Å². The molecule has 2 fully saturated rings. The van der Waals surface area contributed by atoms with E-state index in [0.29, 0.717) is 18.7 Å². The molecule has 2 atom stereocenters. The van der Waals surface area contributed by atoms with Gasteiger partial charge in [0.25, 0.3) is 11.6 Å². The van der Waals surface area contributed by atoms with E-state index in [1.807, 2.05) is 6.92 Å². The molecule has 0 radical (unpaired) electrons. The molecule has 10 nitrogen and oxygen atoms in total. The van der Waals surface area contributed by atoms with Gasteiger partial charge in [-0.25, -0.2) is 4.79 Å². The number of nitrogens with zero attached hydrogens (tertiary/aromatic N) is 2. The molecule has 3 N–H and O–H groups in total. The summed E-state index contributed by atoms with van der Waals surface area (Å²) in [5.41, 5.74) is -0.178. The lowest BCUT2D eigenvalue weighted by Crippen LogP contribution is -2.54. The molecule has 0 bridgehead atoms. The third-order valence-corrected chi connectivity index (χ3v) is 5.66. The van der Waals surface area contributed by atoms with Crippen LogP contribution in [0, 0.1) is 16.0 Å². The Balaban J connectivity index is 1.45. The molecular weight excluding hydrogens is 378 g/mol. The van der Waals surface area contributed by atoms with Crippen LogP contribution in [0.5, 0.6) is 0 Å². The summed E-state index contributed by atoms with van der Waals surface area (Å²) in [6.45, 7) is 2.33. The number of non-ortho nitro benzene ring substituents is 1. The Morgan fingerprint density at radius 3 is 2.66 bits per heavy atom. The van der Waals surface area contributed by atoms with Crippen molar-refractivity contribution in [3.05, 3.63) is 34.4 Å². The highest BCUT2D eigenvalue weighted by Crippen LogP contribution is 2.38. The Kier molecular flexibility index (Phi) is 6.00. The van der Waals surface area contributed by atoms with Crippen LogP contribution in [0.2, 0.25) is 0 Å². The van der Waals surface area contributed by atoms with Gasteiger partial charge in [0, 0.05) is 30.9 Å². The van der Waals surface area contributed by atoms with Gasteiger partial charge in [-0.2, -0.15) is 0 Å². The predicted octanol–water partition coefficient (Wildman–Crippen LogP) is 1.62. The summed E-state index contributed by atoms with van der Waals surface area (Å²) < 4.78 is 0. The fraction of sp³-hybridized carbons (Fsp3) is 0.526. The van der Waals surface area contributed by atoms with E-state index in [-0.39, 0.29) is 30.6 Å². The molecule has 1 aromatic rings. The van der Waals surface area contributed by atoms with Crippen LogP contribution in [0.1, 0.15) is 32.6 Å². The van der Waals surface area contributed by atoms with E-state index in [0.717, 1.165) is 24.2 Å². The van der Waals surface area contributed by atoms with Crippen molar-refractivity contribution in [1.29, 1.82) is 0 Å². The van der Waals surface area contributed by atoms with E-state index in [1.54, 1.807) is 12.1 Å². The Bertz CT molecular complexity index is 812. The lowest BCUT2D eigenvalue weighted by atomic mass is 9.73. The number of hydrogen-bond acceptors (Lipinski definition) is 6. The van der Waals surface area contributed by atoms with Crippen LogP contribution in [0.4, 0.5) is 16.2 Å². The molecule has 1 heterocycles. The topological polar surface area (TPSA) is 134 Å². The Morgan fingerprint density at radius 2 is 2.00 bits per heavy atom. The summed E-state index contributed by atoms with van der Waals surface area (Å²) in [6, 6.07) is 5.43. The van der Waals surface area contributed by atoms with Crippen molar-refractivity contribution >= 4 is 29.2 Å². The van der Waals surface area contributed by atoms with Crippen LogP contribution < -0.4 is 16.0 Å². The second kappa shape index (κ2) is 8.46. The Labute approximate surface area is 168 Å². The minimum absolute atomic E-state index is 0.00228. The third kappa shape index (κ3) is 4.30. The molecule has 0 aromatic heterocycles. The highest BCUT2D eigenvalue weighted by molar-refractivity contribution is 6.09. The molecule has 2 aliphatic rings. The van der Waals surface area contributed by atoms with E-state index in [4.69, 9.17) is 0 Å². The molecule has 1 aromatic carbocycles. The highest BCUT2D eigenvalue weighted by atomic mass is 16.6. The lowest BCUT2D eigenvalue weighted by molar-refractivity contribution is -0.384. The molecular formula is C19H25N5O5. The number of carbonyl (C=O) groups is 3. The van der Waals surface area contributed by atoms with Crippen molar-refractivity contribution in [3.63, 3.8) is 0 Å². The van der Waals surface area contributed by atoms with Gasteiger partial charge in [0.05, 0.1) is 4.92 Å². The van der Waals surface area contributed by atoms with Crippen LogP contribution in [-0.2, 0) is 9.59 Å². The van der Waals surface area contributed by atoms with Crippen LogP contribution >= 0.6 is 0 Å². The zero-order valence-electron chi connectivity index (χ0n) is 16.3. The van der Waals surface area contributed by atoms with Crippen molar-refractivity contribution in [2.45, 2.75) is 38.1 Å². The fourth-order valence-electron chi connectivity index (χ4n) is 3.95. The summed E-state index contributed by atoms with van der Waals surface area (Å²) in [6.07, 6.45) is 3.40. The number of rotatable bonds is 7. The van der Waals surface area contributed by atoms with E-state index < -0.39 is 22.4 Å². The number of imide groups is 1. The molecule has 156 valence electrons. The summed E-state index contributed by atoms with van der Waals surface area (Å²) >= 11 is 0. The van der Waals surface area contributed by atoms with E-state index in [9.17, 15) is 24.5 Å². The van der Waals surface area contributed by atoms with Gasteiger partial charge < -0.3 is 16.0 Å². The molecule has 1 saturated carbocycles. The van der Waals surface area contributed by atoms with E-state index >= 15 is 0 Å². The summed E-state index contributed by atoms with van der Waals surface area (Å²) in [4.78, 5) is 48.5. The quantitative estimate of drug-likeness (QED) is 0.274. The van der Waals surface area contributed by atoms with Gasteiger partial charge in [-0.15, -0.1) is 0 Å². The van der Waals surface area contributed by atoms with Crippen molar-refractivity contribution in [2.75, 3.05) is 25.0 Å². The van der Waals surface area contributed by atoms with Gasteiger partial charge in [-0.05, 0) is 30.9 Å². The average Bonchev–Trinajstić information content (AvgIpc) is 2.93. The standard InChI is InChI=1S/C19H25N5O5/c1-13-4-2-3-9-19(13)17(26)23(18(27)22-19)12-16(25)21-11-10-20-14-5-7-15(8-6-14)24(28)29/h5-8,13,20H,2-4,9-12H2,1H3,(H,21,25)(H,22,27). The van der Waals surface area contributed by atoms with Crippen molar-refractivity contribution in [1.82, 2.24) is 15.5 Å². The molecule has 3 rings (SSSR count). The maximum atomic E-state index is 12.8. The maximum absolute atomic E-state index is 12.8. The van der Waals surface area contributed by atoms with Gasteiger partial charge in [0.1, 0.15) is 12.1 Å². The van der Waals surface area contributed by atoms with Crippen LogP contribution in [0.25, 0.3) is 0 Å². The van der Waals surface area contributed by atoms with Crippen molar-refractivity contribution in [2.24, 2.45) is 5.92 Å². The molecule has 1 spiro atoms. The summed E-state index contributed by atoms with van der Waals surface area (Å²) in [5, 5.41) is 19.2. The highest BCUT2D eigenvalue weighted by Gasteiger charge is 2.55. The largest absolute Gasteiger partial charge is 0.383 e. The smallest absolute Gasteiger partial charge is 0.325 e. The minimum Gasteiger partial charge on any atom is -0.383 e. The Morgan fingerprint density at radius 1 is 1.28 bits per heavy atom. The first-order chi connectivity index (χ1) is 13.8. The number of nitro benzene ring substituents is 1. The SMILES string of the molecule is CC1CCCCC12NC(=O)N(CC(=O)NCCNc1ccc([N+](=O)[O-])cc1)C2=O. The molecule has 1 saturated heterocycles. The summed E-state index contributed by atoms with van der Waals surface area (Å²) in [7, 11) is 0. The molecule has 29 heavy (non-hydrogen) atoms. The van der Waals surface area contributed by atoms with Crippen molar-refractivity contribution in [3.8, 4) is 0 Å². The summed E-state index contributed by atoms with van der Waals surface area (Å²) in [5.74, 6) is -0.681. The second-order valence-corrected chi connectivity index (χ2v) is 7.52. The fourth-order valence-corrected chi connectivity index (χ4v) is 3.95. The predicted molar refractivity (Wildman–Crippen MR) is 105 cm³/mol. The third-order valence-electron chi connectivity index (χ3n) is 5.66. The molecule has 4 amide bonds. The first-order valence-corrected chi connectivity index (χ1v) is 9.72. The number of benzene rings is 1. The van der Waals surface area contributed by atoms with E-state index in [2.05, 4.69) is 16.0 Å². The number of carbonyl (C=O) groups excluding carboxylic acids is 3. The van der Waals surface area contributed by atoms with Gasteiger partial charge in [-0.1, -0.05) is 19.8 Å². The van der Waals surface area contributed by atoms with Gasteiger partial charge >= 0.3 is 6.03 Å². The van der Waals surface area contributed by atoms with Gasteiger partial charge in [-0.3, -0.25) is 24.6 Å². The number of amides is 4. The maximum Gasteiger partial charge on any atom is 0.325 e. The number of hydrogen-bond donors (Lipinski definition) is 3. The minimum atomic E-state index is -0.868. The lowest BCUT2D eigenvalue weighted by Gasteiger charge is -2.36. The number of nitrogens with one attached hydrogen (secondary N) is 3. The molecule has 10 heteroatoms. The van der Waals surface area contributed by atoms with Crippen LogP contribution in [-0.4, -0.2) is 52.8 Å². The first kappa shape index (κ1) is 20.6. The normalized spacial score (nSPS) is 23.8. The van der Waals surface area contributed by atoms with Crippen LogP contribution in [0.3, 0.4) is 0 Å². The number of nitro groups is 1. The van der Waals surface area contributed by atoms with Gasteiger partial charge in [0.15, 0.2) is 0 Å². The zero-order chi connectivity index (χ0) is 21.0.